The molecule has 1 amide bonds. The first kappa shape index (κ1) is 17.3. The van der Waals surface area contributed by atoms with Crippen molar-refractivity contribution in [3.8, 4) is 5.75 Å². The van der Waals surface area contributed by atoms with Crippen LogP contribution in [0.3, 0.4) is 0 Å². The largest absolute Gasteiger partial charge is 0.494 e. The van der Waals surface area contributed by atoms with Gasteiger partial charge in [0, 0.05) is 25.4 Å². The lowest BCUT2D eigenvalue weighted by Gasteiger charge is -2.25. The van der Waals surface area contributed by atoms with E-state index in [4.69, 9.17) is 4.74 Å². The molecule has 0 radical (unpaired) electrons. The highest BCUT2D eigenvalue weighted by molar-refractivity contribution is 5.99. The van der Waals surface area contributed by atoms with E-state index in [1.165, 1.54) is 6.92 Å². The number of hydrogen-bond donors (Lipinski definition) is 0. The topological polar surface area (TPSA) is 51.5 Å². The number of carbonyl (C=O) groups excluding carboxylic acids is 2. The van der Waals surface area contributed by atoms with Gasteiger partial charge in [-0.05, 0) is 50.5 Å². The molecule has 1 aromatic heterocycles. The molecule has 5 heteroatoms. The zero-order valence-electron chi connectivity index (χ0n) is 15.0. The van der Waals surface area contributed by atoms with E-state index >= 15 is 0 Å². The first-order chi connectivity index (χ1) is 12.0. The van der Waals surface area contributed by atoms with Gasteiger partial charge in [0.05, 0.1) is 12.6 Å². The Morgan fingerprint density at radius 3 is 2.56 bits per heavy atom. The number of carbonyl (C=O) groups is 2. The summed E-state index contributed by atoms with van der Waals surface area (Å²) in [6.07, 6.45) is 3.65. The minimum atomic E-state index is -0.0286. The predicted molar refractivity (Wildman–Crippen MR) is 96.0 cm³/mol. The van der Waals surface area contributed by atoms with Crippen molar-refractivity contribution >= 4 is 11.7 Å². The molecule has 1 saturated heterocycles. The molecule has 2 aromatic rings. The quantitative estimate of drug-likeness (QED) is 0.782. The molecule has 0 bridgehead atoms. The first-order valence-corrected chi connectivity index (χ1v) is 8.72. The van der Waals surface area contributed by atoms with Gasteiger partial charge >= 0.3 is 0 Å². The maximum Gasteiger partial charge on any atom is 0.271 e. The molecular formula is C20H24N2O3. The summed E-state index contributed by atoms with van der Waals surface area (Å²) in [6, 6.07) is 9.74. The summed E-state index contributed by atoms with van der Waals surface area (Å²) in [5.41, 5.74) is 2.25. The van der Waals surface area contributed by atoms with Gasteiger partial charge < -0.3 is 14.2 Å². The van der Waals surface area contributed by atoms with Gasteiger partial charge in [0.25, 0.3) is 5.91 Å². The SMILES string of the molecule is CCOc1ccc([C@@H]2CCCN2C(=O)c2cc(C(C)=O)cn2C)cc1. The number of rotatable bonds is 5. The molecule has 0 saturated carbocycles. The Labute approximate surface area is 148 Å². The van der Waals surface area contributed by atoms with E-state index in [-0.39, 0.29) is 17.7 Å². The van der Waals surface area contributed by atoms with Crippen LogP contribution in [0.1, 0.15) is 59.1 Å². The molecule has 0 spiro atoms. The number of aromatic nitrogens is 1. The predicted octanol–water partition coefficient (Wildman–Crippen LogP) is 3.60. The summed E-state index contributed by atoms with van der Waals surface area (Å²) in [4.78, 5) is 26.5. The normalized spacial score (nSPS) is 16.9. The van der Waals surface area contributed by atoms with Crippen molar-refractivity contribution in [1.29, 1.82) is 0 Å². The van der Waals surface area contributed by atoms with Gasteiger partial charge in [-0.15, -0.1) is 0 Å². The molecule has 1 aromatic carbocycles. The standard InChI is InChI=1S/C20H24N2O3/c1-4-25-17-9-7-15(8-10-17)18-6-5-11-22(18)20(24)19-12-16(14(2)23)13-21(19)3/h7-10,12-13,18H,4-6,11H2,1-3H3/t18-/m0/s1. The molecule has 1 atom stereocenters. The van der Waals surface area contributed by atoms with Crippen LogP contribution in [0, 0.1) is 0 Å². The second kappa shape index (κ2) is 7.13. The molecule has 132 valence electrons. The zero-order valence-corrected chi connectivity index (χ0v) is 15.0. The number of hydrogen-bond acceptors (Lipinski definition) is 3. The van der Waals surface area contributed by atoms with Gasteiger partial charge in [-0.2, -0.15) is 0 Å². The summed E-state index contributed by atoms with van der Waals surface area (Å²) in [7, 11) is 1.81. The average Bonchev–Trinajstić information content (AvgIpc) is 3.22. The van der Waals surface area contributed by atoms with Crippen molar-refractivity contribution in [2.24, 2.45) is 7.05 Å². The molecule has 1 aliphatic heterocycles. The lowest BCUT2D eigenvalue weighted by atomic mass is 10.0. The summed E-state index contributed by atoms with van der Waals surface area (Å²) < 4.78 is 7.23. The van der Waals surface area contributed by atoms with E-state index < -0.39 is 0 Å². The molecule has 0 aliphatic carbocycles. The second-order valence-electron chi connectivity index (χ2n) is 6.44. The molecular weight excluding hydrogens is 316 g/mol. The molecule has 2 heterocycles. The van der Waals surface area contributed by atoms with Crippen molar-refractivity contribution in [2.75, 3.05) is 13.2 Å². The highest BCUT2D eigenvalue weighted by Crippen LogP contribution is 2.34. The Balaban J connectivity index is 1.83. The van der Waals surface area contributed by atoms with Gasteiger partial charge in [-0.3, -0.25) is 9.59 Å². The first-order valence-electron chi connectivity index (χ1n) is 8.72. The third kappa shape index (κ3) is 3.45. The van der Waals surface area contributed by atoms with E-state index in [1.807, 2.05) is 43.1 Å². The van der Waals surface area contributed by atoms with Crippen LogP contribution in [-0.4, -0.2) is 34.3 Å². The van der Waals surface area contributed by atoms with E-state index in [2.05, 4.69) is 0 Å². The Bertz CT molecular complexity index is 777. The Morgan fingerprint density at radius 1 is 1.24 bits per heavy atom. The van der Waals surface area contributed by atoms with Gasteiger partial charge in [-0.1, -0.05) is 12.1 Å². The molecule has 0 N–H and O–H groups in total. The van der Waals surface area contributed by atoms with Gasteiger partial charge in [-0.25, -0.2) is 0 Å². The number of Topliss-reactive ketones (excluding diaryl/α,β-unsaturated/α-hetero) is 1. The highest BCUT2D eigenvalue weighted by atomic mass is 16.5. The van der Waals surface area contributed by atoms with E-state index in [0.29, 0.717) is 17.9 Å². The number of benzene rings is 1. The van der Waals surface area contributed by atoms with Crippen LogP contribution in [0.2, 0.25) is 0 Å². The minimum Gasteiger partial charge on any atom is -0.494 e. The number of nitrogens with zero attached hydrogens (tertiary/aromatic N) is 2. The number of amides is 1. The van der Waals surface area contributed by atoms with Crippen LogP contribution in [0.4, 0.5) is 0 Å². The molecule has 1 fully saturated rings. The van der Waals surface area contributed by atoms with Crippen LogP contribution in [0.5, 0.6) is 5.75 Å². The van der Waals surface area contributed by atoms with Crippen molar-refractivity contribution in [1.82, 2.24) is 9.47 Å². The van der Waals surface area contributed by atoms with Gasteiger partial charge in [0.1, 0.15) is 11.4 Å². The smallest absolute Gasteiger partial charge is 0.271 e. The second-order valence-corrected chi connectivity index (χ2v) is 6.44. The number of ether oxygens (including phenoxy) is 1. The fourth-order valence-corrected chi connectivity index (χ4v) is 3.43. The Morgan fingerprint density at radius 2 is 1.96 bits per heavy atom. The lowest BCUT2D eigenvalue weighted by Crippen LogP contribution is -2.31. The van der Waals surface area contributed by atoms with Crippen molar-refractivity contribution in [2.45, 2.75) is 32.7 Å². The minimum absolute atomic E-state index is 0.0219. The third-order valence-corrected chi connectivity index (χ3v) is 4.72. The van der Waals surface area contributed by atoms with Gasteiger partial charge in [0.15, 0.2) is 5.78 Å². The van der Waals surface area contributed by atoms with Crippen molar-refractivity contribution in [3.63, 3.8) is 0 Å². The van der Waals surface area contributed by atoms with Crippen LogP contribution in [-0.2, 0) is 7.05 Å². The summed E-state index contributed by atoms with van der Waals surface area (Å²) in [6.45, 7) is 4.85. The third-order valence-electron chi connectivity index (χ3n) is 4.72. The van der Waals surface area contributed by atoms with Crippen molar-refractivity contribution in [3.05, 3.63) is 53.3 Å². The van der Waals surface area contributed by atoms with E-state index in [9.17, 15) is 9.59 Å². The van der Waals surface area contributed by atoms with Crippen LogP contribution in [0.15, 0.2) is 36.5 Å². The van der Waals surface area contributed by atoms with Crippen LogP contribution in [0.25, 0.3) is 0 Å². The molecule has 1 aliphatic rings. The number of likely N-dealkylation sites (tertiary alicyclic amines) is 1. The maximum atomic E-state index is 13.0. The van der Waals surface area contributed by atoms with Crippen molar-refractivity contribution < 1.29 is 14.3 Å². The lowest BCUT2D eigenvalue weighted by molar-refractivity contribution is 0.0726. The Hall–Kier alpha value is -2.56. The highest BCUT2D eigenvalue weighted by Gasteiger charge is 2.32. The fourth-order valence-electron chi connectivity index (χ4n) is 3.43. The number of aryl methyl sites for hydroxylation is 1. The Kier molecular flexibility index (Phi) is 4.93. The van der Waals surface area contributed by atoms with E-state index in [1.54, 1.807) is 16.8 Å². The summed E-state index contributed by atoms with van der Waals surface area (Å²) in [5, 5.41) is 0. The zero-order chi connectivity index (χ0) is 18.0. The molecule has 5 nitrogen and oxygen atoms in total. The van der Waals surface area contributed by atoms with Crippen LogP contribution < -0.4 is 4.74 Å². The fraction of sp³-hybridized carbons (Fsp3) is 0.400. The molecule has 0 unspecified atom stereocenters. The number of ketones is 1. The summed E-state index contributed by atoms with van der Waals surface area (Å²) in [5.74, 6) is 0.793. The summed E-state index contributed by atoms with van der Waals surface area (Å²) >= 11 is 0. The molecule has 25 heavy (non-hydrogen) atoms. The maximum absolute atomic E-state index is 13.0. The van der Waals surface area contributed by atoms with Crippen LogP contribution >= 0.6 is 0 Å². The average molecular weight is 340 g/mol. The van der Waals surface area contributed by atoms with E-state index in [0.717, 1.165) is 30.7 Å². The molecule has 3 rings (SSSR count). The monoisotopic (exact) mass is 340 g/mol. The van der Waals surface area contributed by atoms with Gasteiger partial charge in [0.2, 0.25) is 0 Å².